The largest absolute Gasteiger partial charge is 0.469 e. The smallest absolute Gasteiger partial charge is 0.311 e. The molecule has 0 aliphatic rings. The Kier molecular flexibility index (Phi) is 5.35. The summed E-state index contributed by atoms with van der Waals surface area (Å²) in [7, 11) is 1.37. The van der Waals surface area contributed by atoms with Crippen molar-refractivity contribution in [3.05, 3.63) is 35.9 Å². The number of ether oxygens (including phenoxy) is 1. The number of carbonyl (C=O) groups excluding carboxylic acids is 1. The molecule has 18 heavy (non-hydrogen) atoms. The molecule has 1 aromatic rings. The highest BCUT2D eigenvalue weighted by molar-refractivity contribution is 5.74. The molecule has 100 valence electrons. The van der Waals surface area contributed by atoms with Crippen LogP contribution in [0.2, 0.25) is 0 Å². The van der Waals surface area contributed by atoms with Crippen molar-refractivity contribution in [2.24, 2.45) is 5.92 Å². The zero-order valence-electron chi connectivity index (χ0n) is 11.3. The Balaban J connectivity index is 2.96. The van der Waals surface area contributed by atoms with Crippen molar-refractivity contribution >= 4 is 5.97 Å². The van der Waals surface area contributed by atoms with Crippen molar-refractivity contribution in [3.63, 3.8) is 0 Å². The van der Waals surface area contributed by atoms with Crippen molar-refractivity contribution in [3.8, 4) is 0 Å². The zero-order valence-corrected chi connectivity index (χ0v) is 11.3. The van der Waals surface area contributed by atoms with Gasteiger partial charge in [0.15, 0.2) is 0 Å². The lowest BCUT2D eigenvalue weighted by Crippen LogP contribution is -2.43. The van der Waals surface area contributed by atoms with Crippen LogP contribution in [0.5, 0.6) is 0 Å². The van der Waals surface area contributed by atoms with Crippen LogP contribution in [-0.2, 0) is 16.0 Å². The third-order valence-corrected chi connectivity index (χ3v) is 3.64. The maximum atomic E-state index is 11.9. The van der Waals surface area contributed by atoms with E-state index in [1.54, 1.807) is 0 Å². The van der Waals surface area contributed by atoms with E-state index in [1.165, 1.54) is 7.11 Å². The zero-order chi connectivity index (χ0) is 13.6. The van der Waals surface area contributed by atoms with Gasteiger partial charge in [-0.2, -0.15) is 0 Å². The first-order valence-electron chi connectivity index (χ1n) is 6.41. The summed E-state index contributed by atoms with van der Waals surface area (Å²) in [5, 5.41) is 10.6. The molecule has 0 aliphatic carbocycles. The molecule has 0 unspecified atom stereocenters. The van der Waals surface area contributed by atoms with Crippen LogP contribution in [0.1, 0.15) is 32.3 Å². The molecule has 3 nitrogen and oxygen atoms in total. The van der Waals surface area contributed by atoms with Gasteiger partial charge in [-0.05, 0) is 24.8 Å². The fourth-order valence-corrected chi connectivity index (χ4v) is 2.23. The Hall–Kier alpha value is -1.35. The summed E-state index contributed by atoms with van der Waals surface area (Å²) in [6, 6.07) is 9.72. The van der Waals surface area contributed by atoms with E-state index in [-0.39, 0.29) is 5.97 Å². The maximum Gasteiger partial charge on any atom is 0.311 e. The second-order valence-electron chi connectivity index (χ2n) is 4.58. The Morgan fingerprint density at radius 1 is 1.28 bits per heavy atom. The summed E-state index contributed by atoms with van der Waals surface area (Å²) in [6.07, 6.45) is 1.58. The summed E-state index contributed by atoms with van der Waals surface area (Å²) >= 11 is 0. The normalized spacial score (nSPS) is 13.1. The van der Waals surface area contributed by atoms with Crippen LogP contribution in [0.4, 0.5) is 0 Å². The second-order valence-corrected chi connectivity index (χ2v) is 4.58. The molecule has 0 spiro atoms. The predicted octanol–water partition coefficient (Wildman–Crippen LogP) is 2.57. The second kappa shape index (κ2) is 6.55. The number of hydrogen-bond acceptors (Lipinski definition) is 3. The standard InChI is InChI=1S/C15H22O3/c1-4-15(17,5-2)13(14(16)18-3)11-12-9-7-6-8-10-12/h6-10,13,17H,4-5,11H2,1-3H3/t13-/m0/s1. The fraction of sp³-hybridized carbons (Fsp3) is 0.533. The van der Waals surface area contributed by atoms with Gasteiger partial charge in [0.05, 0.1) is 18.6 Å². The molecule has 0 heterocycles. The molecule has 0 fully saturated rings. The van der Waals surface area contributed by atoms with Crippen molar-refractivity contribution in [1.82, 2.24) is 0 Å². The van der Waals surface area contributed by atoms with E-state index in [1.807, 2.05) is 44.2 Å². The molecule has 1 atom stereocenters. The minimum absolute atomic E-state index is 0.343. The summed E-state index contributed by atoms with van der Waals surface area (Å²) in [4.78, 5) is 11.9. The van der Waals surface area contributed by atoms with E-state index < -0.39 is 11.5 Å². The first-order chi connectivity index (χ1) is 8.57. The van der Waals surface area contributed by atoms with Gasteiger partial charge >= 0.3 is 5.97 Å². The molecule has 0 bridgehead atoms. The van der Waals surface area contributed by atoms with E-state index in [0.29, 0.717) is 19.3 Å². The highest BCUT2D eigenvalue weighted by Gasteiger charge is 2.39. The van der Waals surface area contributed by atoms with Gasteiger partial charge in [0.2, 0.25) is 0 Å². The van der Waals surface area contributed by atoms with Crippen molar-refractivity contribution in [1.29, 1.82) is 0 Å². The first kappa shape index (κ1) is 14.7. The van der Waals surface area contributed by atoms with E-state index in [2.05, 4.69) is 0 Å². The summed E-state index contributed by atoms with van der Waals surface area (Å²) in [6.45, 7) is 3.79. The van der Waals surface area contributed by atoms with Crippen LogP contribution in [0.3, 0.4) is 0 Å². The van der Waals surface area contributed by atoms with E-state index in [0.717, 1.165) is 5.56 Å². The Morgan fingerprint density at radius 3 is 2.28 bits per heavy atom. The van der Waals surface area contributed by atoms with Crippen LogP contribution < -0.4 is 0 Å². The molecule has 0 aliphatic heterocycles. The Bertz CT molecular complexity index is 369. The molecule has 1 rings (SSSR count). The van der Waals surface area contributed by atoms with Crippen LogP contribution >= 0.6 is 0 Å². The third kappa shape index (κ3) is 3.33. The minimum atomic E-state index is -0.997. The van der Waals surface area contributed by atoms with Crippen LogP contribution in [0, 0.1) is 5.92 Å². The average Bonchev–Trinajstić information content (AvgIpc) is 2.44. The average molecular weight is 250 g/mol. The number of esters is 1. The number of hydrogen-bond donors (Lipinski definition) is 1. The summed E-state index contributed by atoms with van der Waals surface area (Å²) in [5.74, 6) is -0.857. The van der Waals surface area contributed by atoms with Gasteiger partial charge < -0.3 is 9.84 Å². The molecule has 0 saturated carbocycles. The molecule has 1 N–H and O–H groups in total. The number of aliphatic hydroxyl groups is 1. The van der Waals surface area contributed by atoms with Crippen molar-refractivity contribution < 1.29 is 14.6 Å². The molecular weight excluding hydrogens is 228 g/mol. The van der Waals surface area contributed by atoms with Crippen molar-refractivity contribution in [2.45, 2.75) is 38.7 Å². The SMILES string of the molecule is CCC(O)(CC)[C@@H](Cc1ccccc1)C(=O)OC. The van der Waals surface area contributed by atoms with Gasteiger partial charge in [-0.3, -0.25) is 4.79 Å². The molecule has 0 aromatic heterocycles. The quantitative estimate of drug-likeness (QED) is 0.789. The minimum Gasteiger partial charge on any atom is -0.469 e. The number of rotatable bonds is 6. The van der Waals surface area contributed by atoms with Gasteiger partial charge in [-0.25, -0.2) is 0 Å². The Labute approximate surface area is 109 Å². The number of benzene rings is 1. The van der Waals surface area contributed by atoms with Gasteiger partial charge in [-0.15, -0.1) is 0 Å². The van der Waals surface area contributed by atoms with Crippen LogP contribution in [0.15, 0.2) is 30.3 Å². The lowest BCUT2D eigenvalue weighted by molar-refractivity contribution is -0.156. The van der Waals surface area contributed by atoms with Crippen molar-refractivity contribution in [2.75, 3.05) is 7.11 Å². The number of methoxy groups -OCH3 is 1. The maximum absolute atomic E-state index is 11.9. The molecular formula is C15H22O3. The Morgan fingerprint density at radius 2 is 1.83 bits per heavy atom. The molecule has 0 amide bonds. The molecule has 3 heteroatoms. The monoisotopic (exact) mass is 250 g/mol. The number of carbonyl (C=O) groups is 1. The molecule has 0 radical (unpaired) electrons. The van der Waals surface area contributed by atoms with E-state index >= 15 is 0 Å². The highest BCUT2D eigenvalue weighted by atomic mass is 16.5. The van der Waals surface area contributed by atoms with Gasteiger partial charge in [-0.1, -0.05) is 44.2 Å². The molecule has 0 saturated heterocycles. The van der Waals surface area contributed by atoms with Gasteiger partial charge in [0.25, 0.3) is 0 Å². The lowest BCUT2D eigenvalue weighted by Gasteiger charge is -2.32. The molecule has 1 aromatic carbocycles. The van der Waals surface area contributed by atoms with E-state index in [9.17, 15) is 9.90 Å². The van der Waals surface area contributed by atoms with Gasteiger partial charge in [0.1, 0.15) is 0 Å². The summed E-state index contributed by atoms with van der Waals surface area (Å²) < 4.78 is 4.84. The predicted molar refractivity (Wildman–Crippen MR) is 71.2 cm³/mol. The summed E-state index contributed by atoms with van der Waals surface area (Å²) in [5.41, 5.74) is 0.0383. The van der Waals surface area contributed by atoms with Crippen LogP contribution in [-0.4, -0.2) is 23.8 Å². The third-order valence-electron chi connectivity index (χ3n) is 3.64. The fourth-order valence-electron chi connectivity index (χ4n) is 2.23. The van der Waals surface area contributed by atoms with E-state index in [4.69, 9.17) is 4.74 Å². The lowest BCUT2D eigenvalue weighted by atomic mass is 9.79. The van der Waals surface area contributed by atoms with Crippen LogP contribution in [0.25, 0.3) is 0 Å². The first-order valence-corrected chi connectivity index (χ1v) is 6.41. The topological polar surface area (TPSA) is 46.5 Å². The highest BCUT2D eigenvalue weighted by Crippen LogP contribution is 2.29. The van der Waals surface area contributed by atoms with Gasteiger partial charge in [0, 0.05) is 0 Å².